The van der Waals surface area contributed by atoms with Crippen LogP contribution in [0.4, 0.5) is 0 Å². The summed E-state index contributed by atoms with van der Waals surface area (Å²) in [6.07, 6.45) is 1.53. The Labute approximate surface area is 102 Å². The molecule has 0 aromatic carbocycles. The van der Waals surface area contributed by atoms with E-state index in [0.717, 1.165) is 10.3 Å². The Morgan fingerprint density at radius 1 is 1.73 bits per heavy atom. The van der Waals surface area contributed by atoms with Crippen LogP contribution in [-0.4, -0.2) is 36.3 Å². The van der Waals surface area contributed by atoms with Crippen LogP contribution in [0.3, 0.4) is 0 Å². The minimum atomic E-state index is -0.0380. The molecular weight excluding hydrogens is 283 g/mol. The van der Waals surface area contributed by atoms with Crippen LogP contribution in [0, 0.1) is 0 Å². The molecule has 0 fully saturated rings. The van der Waals surface area contributed by atoms with E-state index in [2.05, 4.69) is 31.6 Å². The Morgan fingerprint density at radius 3 is 3.07 bits per heavy atom. The number of hydrogen-bond donors (Lipinski definition) is 2. The predicted octanol–water partition coefficient (Wildman–Crippen LogP) is 0.774. The lowest BCUT2D eigenvalue weighted by atomic mass is 10.4. The molecule has 5 nitrogen and oxygen atoms in total. The number of aliphatic imine (C=N–C) groups is 1. The van der Waals surface area contributed by atoms with Crippen LogP contribution in [0.5, 0.6) is 0 Å². The second-order valence-corrected chi connectivity index (χ2v) is 4.36. The standard InChI is InChI=1S/C8H12BrClN4O/c1-6(15)11-2-3-12-8-7(9)4-14(10)5-13-8/h5,12H,2-4H2,1H3,(H,11,15). The highest BCUT2D eigenvalue weighted by Gasteiger charge is 2.10. The summed E-state index contributed by atoms with van der Waals surface area (Å²) in [6.45, 7) is 3.26. The molecule has 0 atom stereocenters. The SMILES string of the molecule is CC(=O)NCCNC1=C(Br)CN(Cl)C=N1. The second-order valence-electron chi connectivity index (χ2n) is 2.97. The number of rotatable bonds is 4. The molecule has 2 N–H and O–H groups in total. The van der Waals surface area contributed by atoms with Crippen molar-refractivity contribution in [2.24, 2.45) is 4.99 Å². The van der Waals surface area contributed by atoms with Crippen LogP contribution in [0.1, 0.15) is 6.92 Å². The molecule has 1 rings (SSSR count). The highest BCUT2D eigenvalue weighted by molar-refractivity contribution is 9.11. The third-order valence-electron chi connectivity index (χ3n) is 1.65. The molecule has 0 saturated carbocycles. The third-order valence-corrected chi connectivity index (χ3v) is 2.48. The number of amides is 1. The molecule has 84 valence electrons. The summed E-state index contributed by atoms with van der Waals surface area (Å²) in [5.41, 5.74) is 0. The predicted molar refractivity (Wildman–Crippen MR) is 63.7 cm³/mol. The molecular formula is C8H12BrClN4O. The van der Waals surface area contributed by atoms with Crippen LogP contribution >= 0.6 is 27.7 Å². The Kier molecular flexibility index (Phi) is 4.90. The van der Waals surface area contributed by atoms with Crippen LogP contribution in [0.25, 0.3) is 0 Å². The van der Waals surface area contributed by atoms with Crippen LogP contribution in [0.2, 0.25) is 0 Å². The van der Waals surface area contributed by atoms with Crippen molar-refractivity contribution < 1.29 is 4.79 Å². The summed E-state index contributed by atoms with van der Waals surface area (Å²) in [4.78, 5) is 14.7. The molecule has 0 aromatic heterocycles. The fourth-order valence-electron chi connectivity index (χ4n) is 1.000. The first-order valence-electron chi connectivity index (χ1n) is 4.43. The summed E-state index contributed by atoms with van der Waals surface area (Å²) in [5.74, 6) is 0.709. The topological polar surface area (TPSA) is 56.7 Å². The molecule has 1 aliphatic heterocycles. The summed E-state index contributed by atoms with van der Waals surface area (Å²) in [5, 5.41) is 5.76. The van der Waals surface area contributed by atoms with E-state index in [4.69, 9.17) is 11.8 Å². The minimum absolute atomic E-state index is 0.0380. The summed E-state index contributed by atoms with van der Waals surface area (Å²) >= 11 is 9.08. The van der Waals surface area contributed by atoms with Gasteiger partial charge in [-0.15, -0.1) is 0 Å². The van der Waals surface area contributed by atoms with Gasteiger partial charge >= 0.3 is 0 Å². The maximum Gasteiger partial charge on any atom is 0.216 e. The lowest BCUT2D eigenvalue weighted by Crippen LogP contribution is -2.31. The van der Waals surface area contributed by atoms with E-state index in [9.17, 15) is 4.79 Å². The van der Waals surface area contributed by atoms with Gasteiger partial charge in [-0.25, -0.2) is 4.99 Å². The molecule has 0 bridgehead atoms. The summed E-state index contributed by atoms with van der Waals surface area (Å²) in [6, 6.07) is 0. The fraction of sp³-hybridized carbons (Fsp3) is 0.500. The smallest absolute Gasteiger partial charge is 0.216 e. The first-order valence-corrected chi connectivity index (χ1v) is 5.56. The minimum Gasteiger partial charge on any atom is -0.368 e. The van der Waals surface area contributed by atoms with Crippen molar-refractivity contribution in [2.75, 3.05) is 19.6 Å². The van der Waals surface area contributed by atoms with Crippen molar-refractivity contribution >= 4 is 40.0 Å². The molecule has 1 heterocycles. The molecule has 0 spiro atoms. The Bertz CT molecular complexity index is 305. The van der Waals surface area contributed by atoms with Crippen LogP contribution < -0.4 is 10.6 Å². The van der Waals surface area contributed by atoms with Gasteiger partial charge in [0.25, 0.3) is 0 Å². The number of carbonyl (C=O) groups excluding carboxylic acids is 1. The quantitative estimate of drug-likeness (QED) is 0.595. The van der Waals surface area contributed by atoms with Gasteiger partial charge in [0, 0.05) is 31.8 Å². The lowest BCUT2D eigenvalue weighted by molar-refractivity contribution is -0.118. The average molecular weight is 296 g/mol. The average Bonchev–Trinajstić information content (AvgIpc) is 2.14. The van der Waals surface area contributed by atoms with E-state index < -0.39 is 0 Å². The highest BCUT2D eigenvalue weighted by atomic mass is 79.9. The zero-order chi connectivity index (χ0) is 11.3. The normalized spacial score (nSPS) is 15.5. The monoisotopic (exact) mass is 294 g/mol. The van der Waals surface area contributed by atoms with E-state index in [-0.39, 0.29) is 5.91 Å². The zero-order valence-corrected chi connectivity index (χ0v) is 10.6. The molecule has 1 aliphatic rings. The maximum atomic E-state index is 10.6. The molecule has 15 heavy (non-hydrogen) atoms. The van der Waals surface area contributed by atoms with Crippen molar-refractivity contribution in [1.29, 1.82) is 0 Å². The van der Waals surface area contributed by atoms with E-state index >= 15 is 0 Å². The van der Waals surface area contributed by atoms with Gasteiger partial charge < -0.3 is 10.6 Å². The van der Waals surface area contributed by atoms with E-state index in [1.165, 1.54) is 17.7 Å². The van der Waals surface area contributed by atoms with Crippen LogP contribution in [-0.2, 0) is 4.79 Å². The molecule has 1 amide bonds. The lowest BCUT2D eigenvalue weighted by Gasteiger charge is -2.17. The first-order chi connectivity index (χ1) is 7.09. The first kappa shape index (κ1) is 12.3. The maximum absolute atomic E-state index is 10.6. The van der Waals surface area contributed by atoms with Gasteiger partial charge in [0.1, 0.15) is 12.2 Å². The molecule has 0 radical (unpaired) electrons. The molecule has 0 saturated heterocycles. The van der Waals surface area contributed by atoms with Gasteiger partial charge in [-0.1, -0.05) is 0 Å². The van der Waals surface area contributed by atoms with Crippen molar-refractivity contribution in [3.8, 4) is 0 Å². The fourth-order valence-corrected chi connectivity index (χ4v) is 1.82. The molecule has 0 unspecified atom stereocenters. The third kappa shape index (κ3) is 4.53. The summed E-state index contributed by atoms with van der Waals surface area (Å²) in [7, 11) is 0. The largest absolute Gasteiger partial charge is 0.368 e. The van der Waals surface area contributed by atoms with Crippen molar-refractivity contribution in [3.63, 3.8) is 0 Å². The zero-order valence-electron chi connectivity index (χ0n) is 8.26. The van der Waals surface area contributed by atoms with E-state index in [0.29, 0.717) is 19.6 Å². The number of nitrogens with zero attached hydrogens (tertiary/aromatic N) is 2. The van der Waals surface area contributed by atoms with E-state index in [1.807, 2.05) is 0 Å². The van der Waals surface area contributed by atoms with Crippen LogP contribution in [0.15, 0.2) is 15.3 Å². The van der Waals surface area contributed by atoms with Gasteiger partial charge in [-0.05, 0) is 15.9 Å². The Morgan fingerprint density at radius 2 is 2.47 bits per heavy atom. The van der Waals surface area contributed by atoms with E-state index in [1.54, 1.807) is 0 Å². The Balaban J connectivity index is 2.30. The van der Waals surface area contributed by atoms with Gasteiger partial charge in [-0.3, -0.25) is 9.21 Å². The number of carbonyl (C=O) groups is 1. The number of halogens is 2. The van der Waals surface area contributed by atoms with Gasteiger partial charge in [-0.2, -0.15) is 0 Å². The van der Waals surface area contributed by atoms with Gasteiger partial charge in [0.2, 0.25) is 5.91 Å². The number of hydrogen-bond acceptors (Lipinski definition) is 4. The molecule has 0 aromatic rings. The second kappa shape index (κ2) is 5.97. The Hall–Kier alpha value is -0.750. The highest BCUT2D eigenvalue weighted by Crippen LogP contribution is 2.17. The molecule has 7 heteroatoms. The molecule has 0 aliphatic carbocycles. The van der Waals surface area contributed by atoms with Crippen molar-refractivity contribution in [2.45, 2.75) is 6.92 Å². The number of nitrogens with one attached hydrogen (secondary N) is 2. The van der Waals surface area contributed by atoms with Crippen molar-refractivity contribution in [3.05, 3.63) is 10.3 Å². The van der Waals surface area contributed by atoms with Crippen molar-refractivity contribution in [1.82, 2.24) is 15.1 Å². The van der Waals surface area contributed by atoms with Gasteiger partial charge in [0.15, 0.2) is 0 Å². The van der Waals surface area contributed by atoms with Gasteiger partial charge in [0.05, 0.1) is 11.0 Å². The summed E-state index contributed by atoms with van der Waals surface area (Å²) < 4.78 is 2.34.